The maximum Gasteiger partial charge on any atom is 0.247 e. The average Bonchev–Trinajstić information content (AvgIpc) is 3.38. The molecule has 3 aromatic rings. The zero-order valence-corrected chi connectivity index (χ0v) is 29.1. The molecule has 4 rings (SSSR count). The van der Waals surface area contributed by atoms with Crippen LogP contribution in [0.2, 0.25) is 25.7 Å². The van der Waals surface area contributed by atoms with Crippen LogP contribution in [0.4, 0.5) is 23.0 Å². The molecule has 12 nitrogen and oxygen atoms in total. The van der Waals surface area contributed by atoms with E-state index >= 15 is 0 Å². The number of aromatic nitrogens is 3. The fraction of sp³-hybridized carbons (Fsp3) is 0.531. The number of carbonyl (C=O) groups is 1. The summed E-state index contributed by atoms with van der Waals surface area (Å²) in [4.78, 5) is 28.6. The van der Waals surface area contributed by atoms with Gasteiger partial charge in [0.1, 0.15) is 18.6 Å². The van der Waals surface area contributed by atoms with E-state index < -0.39 is 8.07 Å². The molecule has 45 heavy (non-hydrogen) atoms. The normalized spacial score (nSPS) is 14.0. The first-order valence-corrected chi connectivity index (χ1v) is 19.2. The van der Waals surface area contributed by atoms with Crippen LogP contribution < -0.4 is 25.0 Å². The highest BCUT2D eigenvalue weighted by Crippen LogP contribution is 2.38. The molecule has 1 saturated heterocycles. The number of rotatable bonds is 17. The maximum absolute atomic E-state index is 12.4. The van der Waals surface area contributed by atoms with Gasteiger partial charge in [0.25, 0.3) is 0 Å². The number of methoxy groups -OCH3 is 1. The predicted molar refractivity (Wildman–Crippen MR) is 185 cm³/mol. The van der Waals surface area contributed by atoms with Gasteiger partial charge in [0.2, 0.25) is 17.7 Å². The van der Waals surface area contributed by atoms with Crippen LogP contribution in [0, 0.1) is 0 Å². The van der Waals surface area contributed by atoms with Crippen molar-refractivity contribution in [2.75, 3.05) is 83.1 Å². The number of likely N-dealkylation sites (tertiary alicyclic amines) is 1. The predicted octanol–water partition coefficient (Wildman–Crippen LogP) is 4.70. The molecule has 2 aromatic heterocycles. The van der Waals surface area contributed by atoms with Crippen LogP contribution in [0.15, 0.2) is 37.1 Å². The summed E-state index contributed by atoms with van der Waals surface area (Å²) in [6.07, 6.45) is 3.27. The summed E-state index contributed by atoms with van der Waals surface area (Å²) in [7, 11) is 6.44. The van der Waals surface area contributed by atoms with E-state index in [1.165, 1.54) is 6.08 Å². The number of hydrogen-bond donors (Lipinski definition) is 2. The number of fused-ring (bicyclic) bond motifs is 1. The Morgan fingerprint density at radius 1 is 1.16 bits per heavy atom. The lowest BCUT2D eigenvalue weighted by atomic mass is 10.2. The number of hydrogen-bond acceptors (Lipinski definition) is 10. The Labute approximate surface area is 268 Å². The molecule has 0 unspecified atom stereocenters. The van der Waals surface area contributed by atoms with Crippen LogP contribution in [0.3, 0.4) is 0 Å². The quantitative estimate of drug-likeness (QED) is 0.123. The van der Waals surface area contributed by atoms with Gasteiger partial charge in [-0.1, -0.05) is 33.1 Å². The minimum atomic E-state index is -1.21. The molecule has 0 saturated carbocycles. The van der Waals surface area contributed by atoms with Crippen molar-refractivity contribution in [1.29, 1.82) is 0 Å². The smallest absolute Gasteiger partial charge is 0.247 e. The van der Waals surface area contributed by atoms with Gasteiger partial charge >= 0.3 is 0 Å². The van der Waals surface area contributed by atoms with Crippen molar-refractivity contribution in [3.8, 4) is 11.6 Å². The van der Waals surface area contributed by atoms with Crippen LogP contribution in [-0.4, -0.2) is 112 Å². The third-order valence-electron chi connectivity index (χ3n) is 7.76. The molecule has 246 valence electrons. The summed E-state index contributed by atoms with van der Waals surface area (Å²) in [6.45, 7) is 18.2. The zero-order valence-electron chi connectivity index (χ0n) is 28.1. The Morgan fingerprint density at radius 2 is 1.91 bits per heavy atom. The van der Waals surface area contributed by atoms with E-state index in [1.54, 1.807) is 7.11 Å². The number of ether oxygens (including phenoxy) is 3. The number of anilines is 4. The largest absolute Gasteiger partial charge is 0.494 e. The first-order chi connectivity index (χ1) is 21.4. The Kier molecular flexibility index (Phi) is 11.5. The van der Waals surface area contributed by atoms with E-state index in [9.17, 15) is 4.79 Å². The van der Waals surface area contributed by atoms with Gasteiger partial charge in [-0.05, 0) is 44.9 Å². The van der Waals surface area contributed by atoms with E-state index in [0.29, 0.717) is 47.9 Å². The van der Waals surface area contributed by atoms with E-state index in [1.807, 2.05) is 50.1 Å². The second-order valence-corrected chi connectivity index (χ2v) is 18.5. The molecule has 13 heteroatoms. The second-order valence-electron chi connectivity index (χ2n) is 12.9. The van der Waals surface area contributed by atoms with Gasteiger partial charge in [0.05, 0.1) is 29.6 Å². The van der Waals surface area contributed by atoms with Gasteiger partial charge in [0, 0.05) is 60.2 Å². The van der Waals surface area contributed by atoms with Gasteiger partial charge in [-0.3, -0.25) is 9.69 Å². The van der Waals surface area contributed by atoms with Crippen molar-refractivity contribution < 1.29 is 19.0 Å². The van der Waals surface area contributed by atoms with Crippen LogP contribution in [0.1, 0.15) is 6.92 Å². The number of amides is 1. The number of nitrogens with zero attached hydrogens (tertiary/aromatic N) is 6. The molecule has 0 aliphatic carbocycles. The summed E-state index contributed by atoms with van der Waals surface area (Å²) < 4.78 is 20.3. The number of likely N-dealkylation sites (N-methyl/N-ethyl adjacent to an activating group) is 3. The molecular formula is C32H50N8O4Si. The highest BCUT2D eigenvalue weighted by atomic mass is 28.3. The molecule has 0 atom stereocenters. The number of nitrogens with one attached hydrogen (secondary N) is 2. The molecule has 1 aliphatic heterocycles. The Balaban J connectivity index is 1.69. The van der Waals surface area contributed by atoms with Crippen molar-refractivity contribution in [2.45, 2.75) is 45.4 Å². The van der Waals surface area contributed by atoms with Crippen molar-refractivity contribution in [3.63, 3.8) is 0 Å². The SMILES string of the molecule is C=CC(=O)Nc1cc(Nc2nc(OC3CN(CC)C3)c3ccn(COCC[Si](C)(C)C)c3n2)c(OC)cc1N(C)CCN(C)C. The maximum atomic E-state index is 12.4. The Bertz CT molecular complexity index is 1470. The third-order valence-corrected chi connectivity index (χ3v) is 9.47. The molecule has 1 aromatic carbocycles. The van der Waals surface area contributed by atoms with Gasteiger partial charge in [-0.15, -0.1) is 0 Å². The molecule has 0 spiro atoms. The van der Waals surface area contributed by atoms with Crippen LogP contribution in [-0.2, 0) is 16.3 Å². The summed E-state index contributed by atoms with van der Waals surface area (Å²) in [6, 6.07) is 6.80. The molecule has 1 aliphatic rings. The van der Waals surface area contributed by atoms with Gasteiger partial charge in [-0.2, -0.15) is 9.97 Å². The lowest BCUT2D eigenvalue weighted by Crippen LogP contribution is -2.53. The van der Waals surface area contributed by atoms with Crippen LogP contribution in [0.25, 0.3) is 11.0 Å². The first-order valence-electron chi connectivity index (χ1n) is 15.5. The number of benzene rings is 1. The Morgan fingerprint density at radius 3 is 2.56 bits per heavy atom. The molecule has 1 amide bonds. The second kappa shape index (κ2) is 15.1. The summed E-state index contributed by atoms with van der Waals surface area (Å²) in [5, 5.41) is 7.12. The van der Waals surface area contributed by atoms with E-state index in [4.69, 9.17) is 24.2 Å². The molecule has 2 N–H and O–H groups in total. The van der Waals surface area contributed by atoms with Crippen LogP contribution in [0.5, 0.6) is 11.6 Å². The van der Waals surface area contributed by atoms with Crippen molar-refractivity contribution >= 4 is 48.0 Å². The highest BCUT2D eigenvalue weighted by Gasteiger charge is 2.29. The van der Waals surface area contributed by atoms with Crippen molar-refractivity contribution in [1.82, 2.24) is 24.3 Å². The van der Waals surface area contributed by atoms with Crippen LogP contribution >= 0.6 is 0 Å². The summed E-state index contributed by atoms with van der Waals surface area (Å²) in [5.41, 5.74) is 2.72. The van der Waals surface area contributed by atoms with Gasteiger partial charge in [0.15, 0.2) is 5.65 Å². The van der Waals surface area contributed by atoms with Crippen molar-refractivity contribution in [2.24, 2.45) is 0 Å². The van der Waals surface area contributed by atoms with E-state index in [2.05, 4.69) is 58.5 Å². The minimum absolute atomic E-state index is 0.0551. The zero-order chi connectivity index (χ0) is 32.7. The van der Waals surface area contributed by atoms with E-state index in [-0.39, 0.29) is 12.0 Å². The molecular weight excluding hydrogens is 588 g/mol. The Hall–Kier alpha value is -3.65. The first kappa shape index (κ1) is 34.2. The summed E-state index contributed by atoms with van der Waals surface area (Å²) in [5.74, 6) is 1.13. The van der Waals surface area contributed by atoms with E-state index in [0.717, 1.165) is 49.8 Å². The fourth-order valence-corrected chi connectivity index (χ4v) is 5.62. The molecule has 0 bridgehead atoms. The monoisotopic (exact) mass is 638 g/mol. The van der Waals surface area contributed by atoms with Crippen molar-refractivity contribution in [3.05, 3.63) is 37.1 Å². The number of carbonyl (C=O) groups excluding carboxylic acids is 1. The molecule has 0 radical (unpaired) electrons. The fourth-order valence-electron chi connectivity index (χ4n) is 4.87. The standard InChI is InChI=1S/C32H50N8O4Si/c1-10-29(41)33-25-18-26(28(42-6)19-27(25)38(5)15-14-37(3)4)34-32-35-30-24(31(36-32)44-23-20-39(11-2)21-23)12-13-40(30)22-43-16-17-45(7,8)9/h10,12-13,18-19,23H,1,11,14-17,20-22H2,2-9H3,(H,33,41)(H,34,35,36). The van der Waals surface area contributed by atoms with Gasteiger partial charge in [-0.25, -0.2) is 0 Å². The average molecular weight is 639 g/mol. The summed E-state index contributed by atoms with van der Waals surface area (Å²) >= 11 is 0. The minimum Gasteiger partial charge on any atom is -0.494 e. The van der Waals surface area contributed by atoms with Gasteiger partial charge < -0.3 is 39.2 Å². The molecule has 1 fully saturated rings. The lowest BCUT2D eigenvalue weighted by molar-refractivity contribution is -0.111. The molecule has 3 heterocycles. The topological polar surface area (TPSA) is 109 Å². The highest BCUT2D eigenvalue weighted by molar-refractivity contribution is 6.76. The third kappa shape index (κ3) is 9.19. The lowest BCUT2D eigenvalue weighted by Gasteiger charge is -2.37.